The lowest BCUT2D eigenvalue weighted by molar-refractivity contribution is 0.111. The number of nitrogens with zero attached hydrogens (tertiary/aromatic N) is 2. The Morgan fingerprint density at radius 2 is 2.06 bits per heavy atom. The van der Waals surface area contributed by atoms with Gasteiger partial charge in [0.05, 0.1) is 0 Å². The standard InChI is InChI=1S/C13H25N3O/c14-13(15-17)8-1-2-9-16-10-4-6-11-5-3-7-12(11)16/h11-12,17H,1-10H2,(H2,14,15). The Bertz CT molecular complexity index is 267. The zero-order valence-corrected chi connectivity index (χ0v) is 10.6. The summed E-state index contributed by atoms with van der Waals surface area (Å²) in [7, 11) is 0. The van der Waals surface area contributed by atoms with Crippen molar-refractivity contribution >= 4 is 5.84 Å². The smallest absolute Gasteiger partial charge is 0.139 e. The number of piperidine rings is 1. The molecule has 2 atom stereocenters. The van der Waals surface area contributed by atoms with Gasteiger partial charge in [-0.05, 0) is 57.5 Å². The molecule has 2 unspecified atom stereocenters. The van der Waals surface area contributed by atoms with Crippen LogP contribution in [-0.2, 0) is 0 Å². The van der Waals surface area contributed by atoms with Crippen molar-refractivity contribution in [2.75, 3.05) is 13.1 Å². The van der Waals surface area contributed by atoms with E-state index in [-0.39, 0.29) is 0 Å². The van der Waals surface area contributed by atoms with Crippen LogP contribution in [0, 0.1) is 5.92 Å². The molecule has 2 aliphatic rings. The first-order chi connectivity index (χ1) is 8.31. The SMILES string of the molecule is NC(CCCCN1CCCC2CCCC21)=NO. The van der Waals surface area contributed by atoms with Gasteiger partial charge in [-0.2, -0.15) is 0 Å². The highest BCUT2D eigenvalue weighted by molar-refractivity contribution is 5.79. The number of nitrogens with two attached hydrogens (primary N) is 1. The molecular weight excluding hydrogens is 214 g/mol. The number of oxime groups is 1. The molecule has 0 aromatic carbocycles. The maximum absolute atomic E-state index is 8.46. The minimum atomic E-state index is 0.363. The van der Waals surface area contributed by atoms with E-state index in [0.29, 0.717) is 5.84 Å². The molecule has 1 saturated carbocycles. The predicted molar refractivity (Wildman–Crippen MR) is 69.2 cm³/mol. The van der Waals surface area contributed by atoms with E-state index >= 15 is 0 Å². The minimum Gasteiger partial charge on any atom is -0.409 e. The van der Waals surface area contributed by atoms with Crippen molar-refractivity contribution in [2.24, 2.45) is 16.8 Å². The summed E-state index contributed by atoms with van der Waals surface area (Å²) in [6.45, 7) is 2.48. The van der Waals surface area contributed by atoms with E-state index in [2.05, 4.69) is 10.1 Å². The van der Waals surface area contributed by atoms with Crippen LogP contribution < -0.4 is 5.73 Å². The second kappa shape index (κ2) is 6.24. The Kier molecular flexibility index (Phi) is 4.66. The maximum Gasteiger partial charge on any atom is 0.139 e. The van der Waals surface area contributed by atoms with Crippen molar-refractivity contribution in [3.63, 3.8) is 0 Å². The molecular formula is C13H25N3O. The van der Waals surface area contributed by atoms with Gasteiger partial charge < -0.3 is 15.8 Å². The Morgan fingerprint density at radius 3 is 2.88 bits per heavy atom. The topological polar surface area (TPSA) is 61.8 Å². The summed E-state index contributed by atoms with van der Waals surface area (Å²) in [6.07, 6.45) is 10.0. The highest BCUT2D eigenvalue weighted by atomic mass is 16.4. The van der Waals surface area contributed by atoms with Crippen LogP contribution in [0.2, 0.25) is 0 Å². The molecule has 2 fully saturated rings. The van der Waals surface area contributed by atoms with E-state index in [9.17, 15) is 0 Å². The lowest BCUT2D eigenvalue weighted by Crippen LogP contribution is -2.42. The fourth-order valence-electron chi connectivity index (χ4n) is 3.51. The Labute approximate surface area is 104 Å². The first kappa shape index (κ1) is 12.7. The molecule has 98 valence electrons. The number of rotatable bonds is 5. The molecule has 0 bridgehead atoms. The first-order valence-corrected chi connectivity index (χ1v) is 7.01. The summed E-state index contributed by atoms with van der Waals surface area (Å²) >= 11 is 0. The van der Waals surface area contributed by atoms with E-state index in [1.165, 1.54) is 51.6 Å². The number of likely N-dealkylation sites (tertiary alicyclic amines) is 1. The van der Waals surface area contributed by atoms with E-state index in [1.807, 2.05) is 0 Å². The monoisotopic (exact) mass is 239 g/mol. The number of fused-ring (bicyclic) bond motifs is 1. The summed E-state index contributed by atoms with van der Waals surface area (Å²) in [5.41, 5.74) is 5.46. The summed E-state index contributed by atoms with van der Waals surface area (Å²) in [6, 6.07) is 0.868. The van der Waals surface area contributed by atoms with Crippen molar-refractivity contribution < 1.29 is 5.21 Å². The van der Waals surface area contributed by atoms with Crippen LogP contribution in [0.25, 0.3) is 0 Å². The van der Waals surface area contributed by atoms with Crippen LogP contribution in [0.3, 0.4) is 0 Å². The molecule has 3 N–H and O–H groups in total. The minimum absolute atomic E-state index is 0.363. The van der Waals surface area contributed by atoms with Gasteiger partial charge in [0.25, 0.3) is 0 Å². The summed E-state index contributed by atoms with van der Waals surface area (Å²) < 4.78 is 0. The molecule has 1 saturated heterocycles. The number of hydrogen-bond donors (Lipinski definition) is 2. The van der Waals surface area contributed by atoms with Crippen LogP contribution >= 0.6 is 0 Å². The molecule has 2 rings (SSSR count). The number of hydrogen-bond acceptors (Lipinski definition) is 3. The Balaban J connectivity index is 1.68. The normalized spacial score (nSPS) is 30.5. The third-order valence-corrected chi connectivity index (χ3v) is 4.36. The van der Waals surface area contributed by atoms with Crippen molar-refractivity contribution in [1.82, 2.24) is 4.90 Å². The maximum atomic E-state index is 8.46. The summed E-state index contributed by atoms with van der Waals surface area (Å²) in [4.78, 5) is 2.69. The van der Waals surface area contributed by atoms with E-state index in [4.69, 9.17) is 10.9 Å². The molecule has 4 heteroatoms. The van der Waals surface area contributed by atoms with Gasteiger partial charge in [0.15, 0.2) is 0 Å². The first-order valence-electron chi connectivity index (χ1n) is 7.01. The Morgan fingerprint density at radius 1 is 1.24 bits per heavy atom. The van der Waals surface area contributed by atoms with Crippen molar-refractivity contribution in [3.05, 3.63) is 0 Å². The van der Waals surface area contributed by atoms with Gasteiger partial charge in [-0.3, -0.25) is 0 Å². The van der Waals surface area contributed by atoms with E-state index in [1.54, 1.807) is 0 Å². The molecule has 0 amide bonds. The van der Waals surface area contributed by atoms with Crippen molar-refractivity contribution in [1.29, 1.82) is 0 Å². The molecule has 4 nitrogen and oxygen atoms in total. The van der Waals surface area contributed by atoms with Crippen molar-refractivity contribution in [2.45, 2.75) is 57.4 Å². The average molecular weight is 239 g/mol. The second-order valence-corrected chi connectivity index (χ2v) is 5.48. The third-order valence-electron chi connectivity index (χ3n) is 4.36. The molecule has 1 heterocycles. The quantitative estimate of drug-likeness (QED) is 0.254. The van der Waals surface area contributed by atoms with Gasteiger partial charge in [0.2, 0.25) is 0 Å². The second-order valence-electron chi connectivity index (χ2n) is 5.48. The molecule has 0 aromatic heterocycles. The predicted octanol–water partition coefficient (Wildman–Crippen LogP) is 2.17. The lowest BCUT2D eigenvalue weighted by atomic mass is 9.92. The van der Waals surface area contributed by atoms with Crippen LogP contribution in [0.15, 0.2) is 5.16 Å². The zero-order valence-electron chi connectivity index (χ0n) is 10.6. The molecule has 17 heavy (non-hydrogen) atoms. The number of amidine groups is 1. The molecule has 0 radical (unpaired) electrons. The molecule has 0 aromatic rings. The molecule has 1 aliphatic heterocycles. The Hall–Kier alpha value is -0.770. The highest BCUT2D eigenvalue weighted by Gasteiger charge is 2.34. The average Bonchev–Trinajstić information content (AvgIpc) is 2.83. The zero-order chi connectivity index (χ0) is 12.1. The van der Waals surface area contributed by atoms with Crippen LogP contribution in [0.4, 0.5) is 0 Å². The van der Waals surface area contributed by atoms with Gasteiger partial charge in [0.1, 0.15) is 5.84 Å². The third kappa shape index (κ3) is 3.35. The van der Waals surface area contributed by atoms with Crippen LogP contribution in [0.5, 0.6) is 0 Å². The van der Waals surface area contributed by atoms with Crippen LogP contribution in [0.1, 0.15) is 51.4 Å². The molecule has 0 spiro atoms. The largest absolute Gasteiger partial charge is 0.409 e. The summed E-state index contributed by atoms with van der Waals surface area (Å²) in [5.74, 6) is 1.34. The van der Waals surface area contributed by atoms with Crippen molar-refractivity contribution in [3.8, 4) is 0 Å². The fourth-order valence-corrected chi connectivity index (χ4v) is 3.51. The van der Waals surface area contributed by atoms with Gasteiger partial charge >= 0.3 is 0 Å². The van der Waals surface area contributed by atoms with Gasteiger partial charge in [0, 0.05) is 12.5 Å². The number of unbranched alkanes of at least 4 members (excludes halogenated alkanes) is 1. The fraction of sp³-hybridized carbons (Fsp3) is 0.923. The molecule has 1 aliphatic carbocycles. The van der Waals surface area contributed by atoms with Gasteiger partial charge in [-0.1, -0.05) is 11.6 Å². The van der Waals surface area contributed by atoms with E-state index in [0.717, 1.165) is 24.8 Å². The van der Waals surface area contributed by atoms with E-state index < -0.39 is 0 Å². The van der Waals surface area contributed by atoms with Gasteiger partial charge in [-0.15, -0.1) is 0 Å². The highest BCUT2D eigenvalue weighted by Crippen LogP contribution is 2.36. The van der Waals surface area contributed by atoms with Crippen LogP contribution in [-0.4, -0.2) is 35.1 Å². The lowest BCUT2D eigenvalue weighted by Gasteiger charge is -2.37. The summed E-state index contributed by atoms with van der Waals surface area (Å²) in [5, 5.41) is 11.5. The van der Waals surface area contributed by atoms with Gasteiger partial charge in [-0.25, -0.2) is 0 Å².